The van der Waals surface area contributed by atoms with Gasteiger partial charge < -0.3 is 5.11 Å². The van der Waals surface area contributed by atoms with Gasteiger partial charge in [0.05, 0.1) is 12.7 Å². The summed E-state index contributed by atoms with van der Waals surface area (Å²) in [6.07, 6.45) is 1.74. The van der Waals surface area contributed by atoms with Crippen LogP contribution in [0.1, 0.15) is 25.1 Å². The topological polar surface area (TPSA) is 99.7 Å². The van der Waals surface area contributed by atoms with Crippen molar-refractivity contribution in [1.29, 1.82) is 0 Å². The summed E-state index contributed by atoms with van der Waals surface area (Å²) >= 11 is 0. The van der Waals surface area contributed by atoms with Crippen molar-refractivity contribution >= 4 is 0 Å². The number of hydrogen-bond donors (Lipinski definition) is 1. The van der Waals surface area contributed by atoms with E-state index in [2.05, 4.69) is 20.3 Å². The van der Waals surface area contributed by atoms with E-state index in [4.69, 9.17) is 5.53 Å². The normalized spacial score (nSPS) is 12.1. The molecular weight excluding hydrogens is 184 g/mol. The Hall–Kier alpha value is -1.59. The number of azide groups is 1. The molecule has 0 spiro atoms. The van der Waals surface area contributed by atoms with Crippen molar-refractivity contribution in [3.63, 3.8) is 0 Å². The van der Waals surface area contributed by atoms with E-state index in [9.17, 15) is 5.11 Å². The van der Waals surface area contributed by atoms with E-state index in [0.717, 1.165) is 13.0 Å². The van der Waals surface area contributed by atoms with Crippen LogP contribution in [0.5, 0.6) is 0 Å². The van der Waals surface area contributed by atoms with Gasteiger partial charge in [0.2, 0.25) is 0 Å². The maximum atomic E-state index is 9.45. The number of hydrogen-bond acceptors (Lipinski definition) is 4. The molecule has 1 aromatic heterocycles. The van der Waals surface area contributed by atoms with Gasteiger partial charge in [0, 0.05) is 11.5 Å². The van der Waals surface area contributed by atoms with Gasteiger partial charge in [-0.3, -0.25) is 4.68 Å². The summed E-state index contributed by atoms with van der Waals surface area (Å²) in [6.45, 7) is 2.78. The fourth-order valence-corrected chi connectivity index (χ4v) is 1.01. The molecule has 1 aromatic rings. The van der Waals surface area contributed by atoms with Crippen LogP contribution in [0.15, 0.2) is 11.3 Å². The highest BCUT2D eigenvalue weighted by Gasteiger charge is 2.10. The van der Waals surface area contributed by atoms with Crippen LogP contribution in [0.4, 0.5) is 0 Å². The van der Waals surface area contributed by atoms with Gasteiger partial charge in [0.25, 0.3) is 0 Å². The number of aliphatic hydroxyl groups is 1. The number of aromatic nitrogens is 3. The average Bonchev–Trinajstić information content (AvgIpc) is 2.63. The smallest absolute Gasteiger partial charge is 0.111 e. The molecule has 0 aliphatic rings. The van der Waals surface area contributed by atoms with Gasteiger partial charge >= 0.3 is 0 Å². The summed E-state index contributed by atoms with van der Waals surface area (Å²) in [7, 11) is 0. The van der Waals surface area contributed by atoms with Crippen molar-refractivity contribution in [3.8, 4) is 0 Å². The molecule has 0 amide bonds. The average molecular weight is 196 g/mol. The van der Waals surface area contributed by atoms with E-state index in [1.165, 1.54) is 0 Å². The molecule has 0 saturated heterocycles. The first-order valence-electron chi connectivity index (χ1n) is 4.37. The highest BCUT2D eigenvalue weighted by atomic mass is 16.3. The molecule has 76 valence electrons. The van der Waals surface area contributed by atoms with Gasteiger partial charge in [0.1, 0.15) is 11.8 Å². The molecular formula is C7H12N6O. The second-order valence-electron chi connectivity index (χ2n) is 2.84. The minimum Gasteiger partial charge on any atom is -0.387 e. The van der Waals surface area contributed by atoms with E-state index >= 15 is 0 Å². The Balaban J connectivity index is 2.60. The number of nitrogens with zero attached hydrogens (tertiary/aromatic N) is 6. The molecule has 0 bridgehead atoms. The van der Waals surface area contributed by atoms with Crippen LogP contribution in [0, 0.1) is 0 Å². The Morgan fingerprint density at radius 1 is 1.79 bits per heavy atom. The third-order valence-corrected chi connectivity index (χ3v) is 1.67. The first-order valence-corrected chi connectivity index (χ1v) is 4.37. The summed E-state index contributed by atoms with van der Waals surface area (Å²) < 4.78 is 1.65. The maximum absolute atomic E-state index is 9.45. The van der Waals surface area contributed by atoms with Crippen LogP contribution in [-0.4, -0.2) is 26.6 Å². The lowest BCUT2D eigenvalue weighted by atomic mass is 10.3. The Morgan fingerprint density at radius 3 is 3.21 bits per heavy atom. The van der Waals surface area contributed by atoms with Gasteiger partial charge in [-0.05, 0) is 12.0 Å². The van der Waals surface area contributed by atoms with Crippen LogP contribution in [0.2, 0.25) is 0 Å². The molecule has 14 heavy (non-hydrogen) atoms. The quantitative estimate of drug-likeness (QED) is 0.432. The summed E-state index contributed by atoms with van der Waals surface area (Å²) in [5, 5.41) is 20.3. The molecule has 7 heteroatoms. The molecule has 0 aliphatic carbocycles. The Kier molecular flexibility index (Phi) is 3.90. The molecule has 1 heterocycles. The second-order valence-corrected chi connectivity index (χ2v) is 2.84. The fourth-order valence-electron chi connectivity index (χ4n) is 1.01. The van der Waals surface area contributed by atoms with Crippen molar-refractivity contribution in [2.24, 2.45) is 5.11 Å². The summed E-state index contributed by atoms with van der Waals surface area (Å²) in [5.41, 5.74) is 8.49. The molecule has 1 atom stereocenters. The van der Waals surface area contributed by atoms with Crippen molar-refractivity contribution in [2.45, 2.75) is 26.0 Å². The number of aryl methyl sites for hydroxylation is 1. The van der Waals surface area contributed by atoms with E-state index in [0.29, 0.717) is 5.69 Å². The van der Waals surface area contributed by atoms with Crippen LogP contribution in [0.3, 0.4) is 0 Å². The van der Waals surface area contributed by atoms with Gasteiger partial charge in [-0.2, -0.15) is 0 Å². The van der Waals surface area contributed by atoms with Crippen LogP contribution >= 0.6 is 0 Å². The van der Waals surface area contributed by atoms with E-state index in [1.54, 1.807) is 10.9 Å². The molecule has 0 fully saturated rings. The lowest BCUT2D eigenvalue weighted by molar-refractivity contribution is 0.182. The van der Waals surface area contributed by atoms with Crippen LogP contribution < -0.4 is 0 Å². The first kappa shape index (κ1) is 10.5. The van der Waals surface area contributed by atoms with E-state index in [-0.39, 0.29) is 6.54 Å². The highest BCUT2D eigenvalue weighted by Crippen LogP contribution is 2.08. The van der Waals surface area contributed by atoms with Gasteiger partial charge in [-0.1, -0.05) is 17.3 Å². The number of aliphatic hydroxyl groups excluding tert-OH is 1. The minimum atomic E-state index is -0.864. The molecule has 1 rings (SSSR count). The van der Waals surface area contributed by atoms with Gasteiger partial charge in [0.15, 0.2) is 0 Å². The van der Waals surface area contributed by atoms with Crippen molar-refractivity contribution in [2.75, 3.05) is 6.54 Å². The van der Waals surface area contributed by atoms with Crippen molar-refractivity contribution in [1.82, 2.24) is 15.0 Å². The van der Waals surface area contributed by atoms with Gasteiger partial charge in [-0.15, -0.1) is 5.10 Å². The zero-order chi connectivity index (χ0) is 10.4. The summed E-state index contributed by atoms with van der Waals surface area (Å²) in [4.78, 5) is 2.55. The SMILES string of the molecule is CCCn1cc(C(O)CN=[N+]=[N-])nn1. The molecule has 1 N–H and O–H groups in total. The standard InChI is InChI=1S/C7H12N6O/c1-2-3-13-5-6(10-12-13)7(14)4-9-11-8/h5,7,14H,2-4H2,1H3. The highest BCUT2D eigenvalue weighted by molar-refractivity contribution is 4.97. The van der Waals surface area contributed by atoms with Crippen LogP contribution in [0.25, 0.3) is 10.4 Å². The van der Waals surface area contributed by atoms with Crippen LogP contribution in [-0.2, 0) is 6.54 Å². The zero-order valence-corrected chi connectivity index (χ0v) is 7.91. The molecule has 0 saturated carbocycles. The predicted octanol–water partition coefficient (Wildman–Crippen LogP) is 1.03. The Labute approximate surface area is 81.0 Å². The first-order chi connectivity index (χ1) is 6.77. The fraction of sp³-hybridized carbons (Fsp3) is 0.714. The van der Waals surface area contributed by atoms with E-state index < -0.39 is 6.10 Å². The van der Waals surface area contributed by atoms with E-state index in [1.807, 2.05) is 6.92 Å². The van der Waals surface area contributed by atoms with Crippen molar-refractivity contribution < 1.29 is 5.11 Å². The third kappa shape index (κ3) is 2.72. The lowest BCUT2D eigenvalue weighted by Crippen LogP contribution is -2.01. The summed E-state index contributed by atoms with van der Waals surface area (Å²) in [6, 6.07) is 0. The third-order valence-electron chi connectivity index (χ3n) is 1.67. The second kappa shape index (κ2) is 5.21. The maximum Gasteiger partial charge on any atom is 0.111 e. The monoisotopic (exact) mass is 196 g/mol. The summed E-state index contributed by atoms with van der Waals surface area (Å²) in [5.74, 6) is 0. The molecule has 1 unspecified atom stereocenters. The number of rotatable bonds is 5. The molecule has 0 aromatic carbocycles. The zero-order valence-electron chi connectivity index (χ0n) is 7.91. The molecule has 7 nitrogen and oxygen atoms in total. The predicted molar refractivity (Wildman–Crippen MR) is 49.3 cm³/mol. The molecule has 0 aliphatic heterocycles. The Bertz CT molecular complexity index is 329. The van der Waals surface area contributed by atoms with Crippen molar-refractivity contribution in [3.05, 3.63) is 22.3 Å². The minimum absolute atomic E-state index is 0.0126. The van der Waals surface area contributed by atoms with Gasteiger partial charge in [-0.25, -0.2) is 0 Å². The lowest BCUT2D eigenvalue weighted by Gasteiger charge is -2.00. The Morgan fingerprint density at radius 2 is 2.57 bits per heavy atom. The largest absolute Gasteiger partial charge is 0.387 e. The molecule has 0 radical (unpaired) electrons.